The van der Waals surface area contributed by atoms with Crippen molar-refractivity contribution in [3.8, 4) is 0 Å². The lowest BCUT2D eigenvalue weighted by atomic mass is 10.2. The van der Waals surface area contributed by atoms with Gasteiger partial charge in [0.25, 0.3) is 0 Å². The molecule has 1 unspecified atom stereocenters. The zero-order chi connectivity index (χ0) is 11.0. The normalized spacial score (nSPS) is 21.1. The zero-order valence-corrected chi connectivity index (χ0v) is 8.73. The molecule has 0 bridgehead atoms. The molecule has 0 aromatic heterocycles. The van der Waals surface area contributed by atoms with Gasteiger partial charge in [-0.2, -0.15) is 0 Å². The van der Waals surface area contributed by atoms with E-state index in [-0.39, 0.29) is 11.9 Å². The first-order chi connectivity index (χ1) is 7.08. The molecule has 1 aromatic rings. The maximum absolute atomic E-state index is 11.6. The monoisotopic (exact) mass is 205 g/mol. The van der Waals surface area contributed by atoms with E-state index in [0.29, 0.717) is 18.7 Å². The molecular weight excluding hydrogens is 190 g/mol. The highest BCUT2D eigenvalue weighted by Crippen LogP contribution is 2.24. The molecule has 4 heteroatoms. The summed E-state index contributed by atoms with van der Waals surface area (Å²) in [5, 5.41) is 0. The Bertz CT molecular complexity index is 403. The average molecular weight is 205 g/mol. The maximum atomic E-state index is 11.6. The van der Waals surface area contributed by atoms with Gasteiger partial charge in [-0.05, 0) is 24.6 Å². The number of carbonyl (C=O) groups is 1. The molecule has 0 saturated carbocycles. The number of hydrogen-bond donors (Lipinski definition) is 2. The summed E-state index contributed by atoms with van der Waals surface area (Å²) < 4.78 is 0. The van der Waals surface area contributed by atoms with E-state index in [1.807, 2.05) is 25.1 Å². The molecule has 1 aromatic carbocycles. The highest BCUT2D eigenvalue weighted by Gasteiger charge is 2.27. The van der Waals surface area contributed by atoms with Crippen molar-refractivity contribution in [3.05, 3.63) is 23.8 Å². The van der Waals surface area contributed by atoms with Gasteiger partial charge in [-0.3, -0.25) is 4.79 Å². The zero-order valence-electron chi connectivity index (χ0n) is 8.73. The van der Waals surface area contributed by atoms with Crippen LogP contribution >= 0.6 is 0 Å². The van der Waals surface area contributed by atoms with Crippen LogP contribution in [-0.2, 0) is 4.79 Å². The molecular formula is C11H15N3O. The van der Waals surface area contributed by atoms with E-state index in [2.05, 4.69) is 0 Å². The number of nitrogen functional groups attached to an aromatic ring is 1. The predicted molar refractivity (Wildman–Crippen MR) is 60.5 cm³/mol. The van der Waals surface area contributed by atoms with Gasteiger partial charge in [-0.15, -0.1) is 0 Å². The van der Waals surface area contributed by atoms with Gasteiger partial charge in [0.15, 0.2) is 0 Å². The average Bonchev–Trinajstić information content (AvgIpc) is 2.50. The van der Waals surface area contributed by atoms with Crippen molar-refractivity contribution in [3.63, 3.8) is 0 Å². The lowest BCUT2D eigenvalue weighted by Crippen LogP contribution is -2.28. The second kappa shape index (κ2) is 3.55. The van der Waals surface area contributed by atoms with Crippen LogP contribution in [-0.4, -0.2) is 18.5 Å². The smallest absolute Gasteiger partial charge is 0.228 e. The predicted octanol–water partition coefficient (Wildman–Crippen LogP) is 0.641. The summed E-state index contributed by atoms with van der Waals surface area (Å²) >= 11 is 0. The minimum absolute atomic E-state index is 0.0555. The van der Waals surface area contributed by atoms with Gasteiger partial charge in [0.2, 0.25) is 5.91 Å². The number of nitrogens with two attached hydrogens (primary N) is 2. The van der Waals surface area contributed by atoms with Crippen molar-refractivity contribution in [1.82, 2.24) is 0 Å². The fourth-order valence-corrected chi connectivity index (χ4v) is 1.78. The van der Waals surface area contributed by atoms with Crippen molar-refractivity contribution < 1.29 is 4.79 Å². The number of aryl methyl sites for hydroxylation is 1. The van der Waals surface area contributed by atoms with E-state index in [4.69, 9.17) is 11.5 Å². The lowest BCUT2D eigenvalue weighted by molar-refractivity contribution is -0.117. The van der Waals surface area contributed by atoms with Gasteiger partial charge < -0.3 is 16.4 Å². The standard InChI is InChI=1S/C11H15N3O/c1-7-2-3-9(5-10(7)13)14-6-8(12)4-11(14)15/h2-3,5,8H,4,6,12-13H2,1H3. The van der Waals surface area contributed by atoms with E-state index < -0.39 is 0 Å². The van der Waals surface area contributed by atoms with E-state index in [0.717, 1.165) is 11.3 Å². The minimum atomic E-state index is -0.0555. The van der Waals surface area contributed by atoms with Crippen LogP contribution in [0.15, 0.2) is 18.2 Å². The van der Waals surface area contributed by atoms with Crippen LogP contribution in [0.25, 0.3) is 0 Å². The Morgan fingerprint density at radius 3 is 2.73 bits per heavy atom. The van der Waals surface area contributed by atoms with Crippen molar-refractivity contribution in [1.29, 1.82) is 0 Å². The molecule has 4 N–H and O–H groups in total. The summed E-state index contributed by atoms with van der Waals surface area (Å²) in [6.07, 6.45) is 0.424. The first-order valence-electron chi connectivity index (χ1n) is 5.00. The van der Waals surface area contributed by atoms with Gasteiger partial charge >= 0.3 is 0 Å². The van der Waals surface area contributed by atoms with E-state index in [9.17, 15) is 4.79 Å². The number of anilines is 2. The van der Waals surface area contributed by atoms with E-state index >= 15 is 0 Å². The van der Waals surface area contributed by atoms with Crippen molar-refractivity contribution in [2.45, 2.75) is 19.4 Å². The highest BCUT2D eigenvalue weighted by atomic mass is 16.2. The van der Waals surface area contributed by atoms with Gasteiger partial charge in [0.05, 0.1) is 0 Å². The molecule has 1 aliphatic heterocycles. The Labute approximate surface area is 88.9 Å². The molecule has 1 aliphatic rings. The fraction of sp³-hybridized carbons (Fsp3) is 0.364. The van der Waals surface area contributed by atoms with Crippen LogP contribution in [0.3, 0.4) is 0 Å². The molecule has 15 heavy (non-hydrogen) atoms. The molecule has 2 rings (SSSR count). The van der Waals surface area contributed by atoms with Crippen molar-refractivity contribution in [2.75, 3.05) is 17.2 Å². The molecule has 1 heterocycles. The third kappa shape index (κ3) is 1.80. The maximum Gasteiger partial charge on any atom is 0.228 e. The first kappa shape index (κ1) is 9.98. The summed E-state index contributed by atoms with van der Waals surface area (Å²) in [6.45, 7) is 2.53. The molecule has 0 aliphatic carbocycles. The van der Waals surface area contributed by atoms with Gasteiger partial charge in [0, 0.05) is 30.4 Å². The Kier molecular flexibility index (Phi) is 2.36. The van der Waals surface area contributed by atoms with E-state index in [1.165, 1.54) is 0 Å². The fourth-order valence-electron chi connectivity index (χ4n) is 1.78. The largest absolute Gasteiger partial charge is 0.398 e. The topological polar surface area (TPSA) is 72.3 Å². The molecule has 1 atom stereocenters. The third-order valence-corrected chi connectivity index (χ3v) is 2.73. The second-order valence-corrected chi connectivity index (χ2v) is 4.01. The summed E-state index contributed by atoms with van der Waals surface area (Å²) in [7, 11) is 0. The molecule has 0 radical (unpaired) electrons. The Hall–Kier alpha value is -1.55. The first-order valence-corrected chi connectivity index (χ1v) is 5.00. The number of benzene rings is 1. The summed E-state index contributed by atoms with van der Waals surface area (Å²) in [5.41, 5.74) is 14.1. The summed E-state index contributed by atoms with van der Waals surface area (Å²) in [4.78, 5) is 13.3. The van der Waals surface area contributed by atoms with Gasteiger partial charge in [-0.25, -0.2) is 0 Å². The summed E-state index contributed by atoms with van der Waals surface area (Å²) in [5.74, 6) is 0.0748. The quantitative estimate of drug-likeness (QED) is 0.661. The third-order valence-electron chi connectivity index (χ3n) is 2.73. The summed E-state index contributed by atoms with van der Waals surface area (Å²) in [6, 6.07) is 5.59. The molecule has 1 saturated heterocycles. The van der Waals surface area contributed by atoms with Gasteiger partial charge in [0.1, 0.15) is 0 Å². The van der Waals surface area contributed by atoms with Crippen LogP contribution in [0, 0.1) is 6.92 Å². The SMILES string of the molecule is Cc1ccc(N2CC(N)CC2=O)cc1N. The number of rotatable bonds is 1. The van der Waals surface area contributed by atoms with Crippen LogP contribution in [0.5, 0.6) is 0 Å². The highest BCUT2D eigenvalue weighted by molar-refractivity contribution is 5.96. The Morgan fingerprint density at radius 1 is 1.47 bits per heavy atom. The second-order valence-electron chi connectivity index (χ2n) is 4.01. The molecule has 0 spiro atoms. The number of hydrogen-bond acceptors (Lipinski definition) is 3. The van der Waals surface area contributed by atoms with Gasteiger partial charge in [-0.1, -0.05) is 6.07 Å². The van der Waals surface area contributed by atoms with Crippen molar-refractivity contribution in [2.24, 2.45) is 5.73 Å². The molecule has 80 valence electrons. The molecule has 4 nitrogen and oxygen atoms in total. The van der Waals surface area contributed by atoms with Crippen LogP contribution in [0.1, 0.15) is 12.0 Å². The van der Waals surface area contributed by atoms with Crippen molar-refractivity contribution >= 4 is 17.3 Å². The molecule has 1 fully saturated rings. The Balaban J connectivity index is 2.30. The van der Waals surface area contributed by atoms with E-state index in [1.54, 1.807) is 4.90 Å². The number of carbonyl (C=O) groups excluding carboxylic acids is 1. The number of nitrogens with zero attached hydrogens (tertiary/aromatic N) is 1. The minimum Gasteiger partial charge on any atom is -0.398 e. The number of amides is 1. The lowest BCUT2D eigenvalue weighted by Gasteiger charge is -2.17. The van der Waals surface area contributed by atoms with Crippen LogP contribution < -0.4 is 16.4 Å². The van der Waals surface area contributed by atoms with Crippen LogP contribution in [0.4, 0.5) is 11.4 Å². The molecule has 1 amide bonds. The Morgan fingerprint density at radius 2 is 2.20 bits per heavy atom. The van der Waals surface area contributed by atoms with Crippen LogP contribution in [0.2, 0.25) is 0 Å².